The average Bonchev–Trinajstić information content (AvgIpc) is 2.83. The van der Waals surface area contributed by atoms with Crippen LogP contribution in [0.2, 0.25) is 0 Å². The minimum Gasteiger partial charge on any atom is -0.490 e. The fourth-order valence-corrected chi connectivity index (χ4v) is 3.88. The van der Waals surface area contributed by atoms with E-state index in [0.717, 1.165) is 29.9 Å². The molecule has 0 spiro atoms. The molecule has 7 heteroatoms. The van der Waals surface area contributed by atoms with E-state index in [2.05, 4.69) is 10.6 Å². The van der Waals surface area contributed by atoms with Gasteiger partial charge in [0.15, 0.2) is 11.5 Å². The van der Waals surface area contributed by atoms with Crippen LogP contribution in [0.3, 0.4) is 0 Å². The predicted molar refractivity (Wildman–Crippen MR) is 128 cm³/mol. The Labute approximate surface area is 196 Å². The summed E-state index contributed by atoms with van der Waals surface area (Å²) in [6, 6.07) is 16.4. The Morgan fingerprint density at radius 2 is 1.64 bits per heavy atom. The van der Waals surface area contributed by atoms with E-state index in [1.807, 2.05) is 80.3 Å². The van der Waals surface area contributed by atoms with Crippen LogP contribution in [0.1, 0.15) is 39.2 Å². The van der Waals surface area contributed by atoms with Gasteiger partial charge in [-0.25, -0.2) is 4.79 Å². The Morgan fingerprint density at radius 1 is 1.00 bits per heavy atom. The van der Waals surface area contributed by atoms with Crippen LogP contribution in [0.5, 0.6) is 11.5 Å². The average molecular weight is 454 g/mol. The number of nitrogens with zero attached hydrogens (tertiary/aromatic N) is 1. The second-order valence-corrected chi connectivity index (χ2v) is 8.56. The first-order valence-electron chi connectivity index (χ1n) is 11.7. The highest BCUT2D eigenvalue weighted by molar-refractivity contribution is 5.87. The van der Waals surface area contributed by atoms with E-state index in [0.29, 0.717) is 26.2 Å². The number of amides is 3. The van der Waals surface area contributed by atoms with Crippen molar-refractivity contribution in [3.05, 3.63) is 60.2 Å². The van der Waals surface area contributed by atoms with Gasteiger partial charge in [-0.2, -0.15) is 0 Å². The highest BCUT2D eigenvalue weighted by Gasteiger charge is 2.32. The van der Waals surface area contributed by atoms with Crippen LogP contribution in [-0.2, 0) is 11.3 Å². The zero-order valence-electron chi connectivity index (χ0n) is 19.8. The van der Waals surface area contributed by atoms with Crippen molar-refractivity contribution in [3.63, 3.8) is 0 Å². The number of para-hydroxylation sites is 2. The third kappa shape index (κ3) is 7.14. The summed E-state index contributed by atoms with van der Waals surface area (Å²) in [5.41, 5.74) is 1.01. The van der Waals surface area contributed by atoms with Gasteiger partial charge in [-0.15, -0.1) is 0 Å². The molecule has 7 nitrogen and oxygen atoms in total. The molecule has 2 N–H and O–H groups in total. The van der Waals surface area contributed by atoms with Crippen LogP contribution in [-0.4, -0.2) is 48.7 Å². The van der Waals surface area contributed by atoms with E-state index >= 15 is 0 Å². The monoisotopic (exact) mass is 453 g/mol. The SMILES string of the molecule is CCOc1ccccc1OC1CCN(C(=O)C(NC(=O)NCc2ccccc2)C(C)C)CC1. The van der Waals surface area contributed by atoms with E-state index < -0.39 is 6.04 Å². The second-order valence-electron chi connectivity index (χ2n) is 8.56. The highest BCUT2D eigenvalue weighted by atomic mass is 16.5. The zero-order chi connectivity index (χ0) is 23.6. The lowest BCUT2D eigenvalue weighted by Gasteiger charge is -2.35. The molecule has 1 atom stereocenters. The maximum atomic E-state index is 13.2. The number of hydrogen-bond acceptors (Lipinski definition) is 4. The summed E-state index contributed by atoms with van der Waals surface area (Å²) in [5, 5.41) is 5.71. The van der Waals surface area contributed by atoms with Gasteiger partial charge < -0.3 is 25.0 Å². The van der Waals surface area contributed by atoms with Crippen molar-refractivity contribution >= 4 is 11.9 Å². The summed E-state index contributed by atoms with van der Waals surface area (Å²) >= 11 is 0. The van der Waals surface area contributed by atoms with Crippen molar-refractivity contribution in [3.8, 4) is 11.5 Å². The molecule has 1 fully saturated rings. The number of nitrogens with one attached hydrogen (secondary N) is 2. The summed E-state index contributed by atoms with van der Waals surface area (Å²) in [6.45, 7) is 8.02. The Hall–Kier alpha value is -3.22. The van der Waals surface area contributed by atoms with E-state index in [1.54, 1.807) is 0 Å². The Balaban J connectivity index is 1.50. The molecule has 0 aromatic heterocycles. The van der Waals surface area contributed by atoms with Crippen molar-refractivity contribution in [2.75, 3.05) is 19.7 Å². The highest BCUT2D eigenvalue weighted by Crippen LogP contribution is 2.29. The van der Waals surface area contributed by atoms with Crippen LogP contribution in [0.25, 0.3) is 0 Å². The summed E-state index contributed by atoms with van der Waals surface area (Å²) in [7, 11) is 0. The van der Waals surface area contributed by atoms with Gasteiger partial charge >= 0.3 is 6.03 Å². The number of benzene rings is 2. The molecule has 1 heterocycles. The lowest BCUT2D eigenvalue weighted by Crippen LogP contribution is -2.55. The molecular weight excluding hydrogens is 418 g/mol. The molecular formula is C26H35N3O4. The molecule has 0 radical (unpaired) electrons. The summed E-state index contributed by atoms with van der Waals surface area (Å²) in [5.74, 6) is 1.41. The molecule has 1 aliphatic rings. The quantitative estimate of drug-likeness (QED) is 0.602. The molecule has 3 rings (SSSR count). The van der Waals surface area contributed by atoms with Gasteiger partial charge in [0, 0.05) is 32.5 Å². The lowest BCUT2D eigenvalue weighted by atomic mass is 10.0. The van der Waals surface area contributed by atoms with Crippen molar-refractivity contribution < 1.29 is 19.1 Å². The minimum absolute atomic E-state index is 0.0213. The number of hydrogen-bond donors (Lipinski definition) is 2. The molecule has 1 saturated heterocycles. The molecule has 3 amide bonds. The van der Waals surface area contributed by atoms with Crippen LogP contribution < -0.4 is 20.1 Å². The van der Waals surface area contributed by atoms with Crippen LogP contribution in [0, 0.1) is 5.92 Å². The maximum Gasteiger partial charge on any atom is 0.315 e. The predicted octanol–water partition coefficient (Wildman–Crippen LogP) is 3.98. The number of likely N-dealkylation sites (tertiary alicyclic amines) is 1. The summed E-state index contributed by atoms with van der Waals surface area (Å²) in [4.78, 5) is 27.4. The number of carbonyl (C=O) groups excluding carboxylic acids is 2. The van der Waals surface area contributed by atoms with Crippen molar-refractivity contribution in [2.24, 2.45) is 5.92 Å². The van der Waals surface area contributed by atoms with Gasteiger partial charge in [0.25, 0.3) is 0 Å². The van der Waals surface area contributed by atoms with Crippen LogP contribution >= 0.6 is 0 Å². The summed E-state index contributed by atoms with van der Waals surface area (Å²) in [6.07, 6.45) is 1.49. The van der Waals surface area contributed by atoms with Crippen molar-refractivity contribution in [1.82, 2.24) is 15.5 Å². The van der Waals surface area contributed by atoms with Gasteiger partial charge in [0.05, 0.1) is 6.61 Å². The molecule has 0 aliphatic carbocycles. The molecule has 1 aliphatic heterocycles. The number of carbonyl (C=O) groups is 2. The number of ether oxygens (including phenoxy) is 2. The molecule has 33 heavy (non-hydrogen) atoms. The fourth-order valence-electron chi connectivity index (χ4n) is 3.88. The smallest absolute Gasteiger partial charge is 0.315 e. The van der Waals surface area contributed by atoms with E-state index in [9.17, 15) is 9.59 Å². The largest absolute Gasteiger partial charge is 0.490 e. The van der Waals surface area contributed by atoms with E-state index in [1.165, 1.54) is 0 Å². The van der Waals surface area contributed by atoms with Gasteiger partial charge in [-0.1, -0.05) is 56.3 Å². The van der Waals surface area contributed by atoms with Crippen LogP contribution in [0.4, 0.5) is 4.79 Å². The topological polar surface area (TPSA) is 79.9 Å². The molecule has 2 aromatic carbocycles. The lowest BCUT2D eigenvalue weighted by molar-refractivity contribution is -0.136. The molecule has 0 bridgehead atoms. The number of urea groups is 1. The van der Waals surface area contributed by atoms with Crippen molar-refractivity contribution in [1.29, 1.82) is 0 Å². The standard InChI is InChI=1S/C26H35N3O4/c1-4-32-22-12-8-9-13-23(22)33-21-14-16-29(17-15-21)25(30)24(19(2)3)28-26(31)27-18-20-10-6-5-7-11-20/h5-13,19,21,24H,4,14-18H2,1-3H3,(H2,27,28,31). The van der Waals surface area contributed by atoms with E-state index in [4.69, 9.17) is 9.47 Å². The zero-order valence-corrected chi connectivity index (χ0v) is 19.8. The maximum absolute atomic E-state index is 13.2. The second kappa shape index (κ2) is 12.1. The van der Waals surface area contributed by atoms with Crippen molar-refractivity contribution in [2.45, 2.75) is 52.3 Å². The fraction of sp³-hybridized carbons (Fsp3) is 0.462. The Bertz CT molecular complexity index is 895. The normalized spacial score (nSPS) is 15.1. The molecule has 0 saturated carbocycles. The molecule has 1 unspecified atom stereocenters. The van der Waals surface area contributed by atoms with Crippen LogP contribution in [0.15, 0.2) is 54.6 Å². The third-order valence-corrected chi connectivity index (χ3v) is 5.71. The summed E-state index contributed by atoms with van der Waals surface area (Å²) < 4.78 is 11.8. The third-order valence-electron chi connectivity index (χ3n) is 5.71. The first kappa shape index (κ1) is 24.4. The molecule has 178 valence electrons. The number of piperidine rings is 1. The first-order valence-corrected chi connectivity index (χ1v) is 11.7. The minimum atomic E-state index is -0.572. The van der Waals surface area contributed by atoms with Gasteiger partial charge in [0.1, 0.15) is 12.1 Å². The Kier molecular flexibility index (Phi) is 8.98. The number of rotatable bonds is 9. The first-order chi connectivity index (χ1) is 16.0. The van der Waals surface area contributed by atoms with E-state index in [-0.39, 0.29) is 24.0 Å². The Morgan fingerprint density at radius 3 is 2.27 bits per heavy atom. The van der Waals surface area contributed by atoms with Gasteiger partial charge in [-0.3, -0.25) is 4.79 Å². The van der Waals surface area contributed by atoms with Gasteiger partial charge in [-0.05, 0) is 30.5 Å². The van der Waals surface area contributed by atoms with Gasteiger partial charge in [0.2, 0.25) is 5.91 Å². The molecule has 2 aromatic rings.